The lowest BCUT2D eigenvalue weighted by atomic mass is 10.0. The molecule has 28 heavy (non-hydrogen) atoms. The van der Waals surface area contributed by atoms with Gasteiger partial charge >= 0.3 is 0 Å². The summed E-state index contributed by atoms with van der Waals surface area (Å²) in [4.78, 5) is 14.1. The fourth-order valence-corrected chi connectivity index (χ4v) is 3.50. The van der Waals surface area contributed by atoms with Crippen molar-refractivity contribution in [3.63, 3.8) is 0 Å². The zero-order valence-electron chi connectivity index (χ0n) is 15.8. The average molecular weight is 390 g/mol. The highest BCUT2D eigenvalue weighted by atomic mass is 32.2. The maximum absolute atomic E-state index is 12.9. The molecule has 3 aromatic rings. The molecule has 0 aliphatic heterocycles. The molecule has 0 saturated carbocycles. The number of thioether (sulfide) groups is 1. The number of hydrogen-bond donors (Lipinski definition) is 1. The third-order valence-electron chi connectivity index (χ3n) is 4.16. The Morgan fingerprint density at radius 3 is 2.21 bits per heavy atom. The molecule has 0 spiro atoms. The first-order valence-electron chi connectivity index (χ1n) is 9.13. The predicted octanol–water partition coefficient (Wildman–Crippen LogP) is 5.14. The largest absolute Gasteiger partial charge is 0.497 e. The van der Waals surface area contributed by atoms with E-state index >= 15 is 0 Å². The summed E-state index contributed by atoms with van der Waals surface area (Å²) < 4.78 is 5.21. The highest BCUT2D eigenvalue weighted by Crippen LogP contribution is 2.21. The minimum absolute atomic E-state index is 0.0734. The summed E-state index contributed by atoms with van der Waals surface area (Å²) in [5.41, 5.74) is 2.50. The van der Waals surface area contributed by atoms with Crippen molar-refractivity contribution in [2.75, 3.05) is 19.4 Å². The Balaban J connectivity index is 1.69. The number of methoxy groups -OCH3 is 1. The fourth-order valence-electron chi connectivity index (χ4n) is 2.71. The van der Waals surface area contributed by atoms with Crippen molar-refractivity contribution in [1.82, 2.24) is 5.32 Å². The Hall–Kier alpha value is -2.98. The number of nitrogens with one attached hydrogen (secondary N) is 1. The van der Waals surface area contributed by atoms with E-state index in [0.717, 1.165) is 22.6 Å². The molecule has 0 aliphatic rings. The summed E-state index contributed by atoms with van der Waals surface area (Å²) in [7, 11) is 1.64. The molecule has 0 unspecified atom stereocenters. The fraction of sp³-hybridized carbons (Fsp3) is 0.125. The van der Waals surface area contributed by atoms with Gasteiger partial charge in [-0.1, -0.05) is 60.7 Å². The van der Waals surface area contributed by atoms with Crippen LogP contribution in [0.4, 0.5) is 0 Å². The quantitative estimate of drug-likeness (QED) is 0.251. The van der Waals surface area contributed by atoms with E-state index in [4.69, 9.17) is 4.74 Å². The van der Waals surface area contributed by atoms with Crippen molar-refractivity contribution in [2.24, 2.45) is 0 Å². The second-order valence-corrected chi connectivity index (χ2v) is 7.28. The lowest BCUT2D eigenvalue weighted by molar-refractivity contribution is -0.115. The summed E-state index contributed by atoms with van der Waals surface area (Å²) in [5, 5.41) is 3.04. The molecule has 0 bridgehead atoms. The van der Waals surface area contributed by atoms with Crippen molar-refractivity contribution < 1.29 is 9.53 Å². The SMILES string of the molecule is COc1ccc(C=C(C(=O)NCCSc2ccccc2)c2ccccc2)cc1. The number of carbonyl (C=O) groups is 1. The second kappa shape index (κ2) is 10.4. The van der Waals surface area contributed by atoms with Crippen LogP contribution in [0.2, 0.25) is 0 Å². The molecule has 1 amide bonds. The first-order chi connectivity index (χ1) is 13.8. The summed E-state index contributed by atoms with van der Waals surface area (Å²) in [6.45, 7) is 0.602. The van der Waals surface area contributed by atoms with Crippen molar-refractivity contribution >= 4 is 29.3 Å². The second-order valence-electron chi connectivity index (χ2n) is 6.11. The number of carbonyl (C=O) groups excluding carboxylic acids is 1. The van der Waals surface area contributed by atoms with Crippen molar-refractivity contribution in [1.29, 1.82) is 0 Å². The molecule has 0 radical (unpaired) electrons. The van der Waals surface area contributed by atoms with Gasteiger partial charge in [-0.3, -0.25) is 4.79 Å². The van der Waals surface area contributed by atoms with Gasteiger partial charge in [0.05, 0.1) is 7.11 Å². The van der Waals surface area contributed by atoms with Crippen LogP contribution in [0.1, 0.15) is 11.1 Å². The smallest absolute Gasteiger partial charge is 0.251 e. The van der Waals surface area contributed by atoms with Gasteiger partial charge in [-0.15, -0.1) is 11.8 Å². The Kier molecular flexibility index (Phi) is 7.33. The zero-order valence-corrected chi connectivity index (χ0v) is 16.6. The zero-order chi connectivity index (χ0) is 19.6. The molecule has 0 heterocycles. The first kappa shape index (κ1) is 19.8. The Labute approximate surface area is 170 Å². The summed E-state index contributed by atoms with van der Waals surface area (Å²) in [5.74, 6) is 1.54. The maximum Gasteiger partial charge on any atom is 0.251 e. The van der Waals surface area contributed by atoms with Gasteiger partial charge in [-0.05, 0) is 41.5 Å². The Morgan fingerprint density at radius 2 is 1.57 bits per heavy atom. The summed E-state index contributed by atoms with van der Waals surface area (Å²) in [6, 6.07) is 27.6. The van der Waals surface area contributed by atoms with Crippen LogP contribution in [0, 0.1) is 0 Å². The number of ether oxygens (including phenoxy) is 1. The van der Waals surface area contributed by atoms with Gasteiger partial charge in [-0.25, -0.2) is 0 Å². The number of rotatable bonds is 8. The molecule has 4 heteroatoms. The monoisotopic (exact) mass is 389 g/mol. The van der Waals surface area contributed by atoms with Gasteiger partial charge in [0.25, 0.3) is 5.91 Å². The number of benzene rings is 3. The van der Waals surface area contributed by atoms with Crippen molar-refractivity contribution in [3.05, 3.63) is 96.1 Å². The third kappa shape index (κ3) is 5.76. The summed E-state index contributed by atoms with van der Waals surface area (Å²) in [6.07, 6.45) is 1.91. The van der Waals surface area contributed by atoms with E-state index < -0.39 is 0 Å². The van der Waals surface area contributed by atoms with Crippen LogP contribution in [-0.2, 0) is 4.79 Å². The van der Waals surface area contributed by atoms with Gasteiger partial charge in [0.2, 0.25) is 0 Å². The molecule has 3 nitrogen and oxygen atoms in total. The third-order valence-corrected chi connectivity index (χ3v) is 5.17. The van der Waals surface area contributed by atoms with E-state index in [1.54, 1.807) is 18.9 Å². The van der Waals surface area contributed by atoms with Crippen LogP contribution in [0.15, 0.2) is 89.8 Å². The number of amides is 1. The van der Waals surface area contributed by atoms with Crippen molar-refractivity contribution in [3.8, 4) is 5.75 Å². The van der Waals surface area contributed by atoms with Gasteiger partial charge in [-0.2, -0.15) is 0 Å². The lowest BCUT2D eigenvalue weighted by Crippen LogP contribution is -2.26. The lowest BCUT2D eigenvalue weighted by Gasteiger charge is -2.10. The minimum Gasteiger partial charge on any atom is -0.497 e. The van der Waals surface area contributed by atoms with Crippen LogP contribution in [0.5, 0.6) is 5.75 Å². The van der Waals surface area contributed by atoms with Crippen LogP contribution >= 0.6 is 11.8 Å². The standard InChI is InChI=1S/C24H23NO2S/c1-27-21-14-12-19(13-15-21)18-23(20-8-4-2-5-9-20)24(26)25-16-17-28-22-10-6-3-7-11-22/h2-15,18H,16-17H2,1H3,(H,25,26). The highest BCUT2D eigenvalue weighted by molar-refractivity contribution is 7.99. The van der Waals surface area contributed by atoms with Gasteiger partial charge in [0.1, 0.15) is 5.75 Å². The molecule has 3 aromatic carbocycles. The average Bonchev–Trinajstić information content (AvgIpc) is 2.76. The van der Waals surface area contributed by atoms with Gasteiger partial charge in [0, 0.05) is 22.8 Å². The molecule has 3 rings (SSSR count). The summed E-state index contributed by atoms with van der Waals surface area (Å²) >= 11 is 1.73. The van der Waals surface area contributed by atoms with E-state index in [0.29, 0.717) is 12.1 Å². The molecule has 0 atom stereocenters. The Morgan fingerprint density at radius 1 is 0.929 bits per heavy atom. The van der Waals surface area contributed by atoms with Crippen molar-refractivity contribution in [2.45, 2.75) is 4.90 Å². The molecule has 0 aliphatic carbocycles. The van der Waals surface area contributed by atoms with Gasteiger partial charge < -0.3 is 10.1 Å². The van der Waals surface area contributed by atoms with Crippen LogP contribution in [-0.4, -0.2) is 25.3 Å². The van der Waals surface area contributed by atoms with Crippen LogP contribution in [0.25, 0.3) is 11.6 Å². The first-order valence-corrected chi connectivity index (χ1v) is 10.1. The maximum atomic E-state index is 12.9. The van der Waals surface area contributed by atoms with Gasteiger partial charge in [0.15, 0.2) is 0 Å². The minimum atomic E-state index is -0.0734. The predicted molar refractivity (Wildman–Crippen MR) is 117 cm³/mol. The molecular formula is C24H23NO2S. The molecular weight excluding hydrogens is 366 g/mol. The van der Waals surface area contributed by atoms with Crippen LogP contribution < -0.4 is 10.1 Å². The molecule has 0 aromatic heterocycles. The molecule has 0 saturated heterocycles. The topological polar surface area (TPSA) is 38.3 Å². The molecule has 1 N–H and O–H groups in total. The Bertz CT molecular complexity index is 906. The normalized spacial score (nSPS) is 11.1. The van der Waals surface area contributed by atoms with E-state index in [2.05, 4.69) is 17.4 Å². The number of hydrogen-bond acceptors (Lipinski definition) is 3. The van der Waals surface area contributed by atoms with E-state index in [9.17, 15) is 4.79 Å². The van der Waals surface area contributed by atoms with E-state index in [-0.39, 0.29) is 5.91 Å². The van der Waals surface area contributed by atoms with E-state index in [1.165, 1.54) is 4.90 Å². The molecule has 0 fully saturated rings. The van der Waals surface area contributed by atoms with E-state index in [1.807, 2.05) is 78.9 Å². The molecule has 142 valence electrons. The highest BCUT2D eigenvalue weighted by Gasteiger charge is 2.11. The van der Waals surface area contributed by atoms with Crippen LogP contribution in [0.3, 0.4) is 0 Å².